The van der Waals surface area contributed by atoms with Crippen molar-refractivity contribution in [3.05, 3.63) is 105 Å². The number of hydrogen-bond donors (Lipinski definition) is 0. The molecule has 7 nitrogen and oxygen atoms in total. The van der Waals surface area contributed by atoms with Gasteiger partial charge in [-0.1, -0.05) is 44.0 Å². The summed E-state index contributed by atoms with van der Waals surface area (Å²) in [6, 6.07) is 17.7. The minimum absolute atomic E-state index is 0. The molecule has 2 aromatic heterocycles. The molecule has 312 valence electrons. The summed E-state index contributed by atoms with van der Waals surface area (Å²) in [5, 5.41) is 11.1. The second-order valence-corrected chi connectivity index (χ2v) is 17.9. The van der Waals surface area contributed by atoms with Crippen molar-refractivity contribution in [3.8, 4) is 23.3 Å². The van der Waals surface area contributed by atoms with Gasteiger partial charge in [-0.25, -0.2) is 9.97 Å². The van der Waals surface area contributed by atoms with Crippen molar-refractivity contribution >= 4 is 39.9 Å². The van der Waals surface area contributed by atoms with Crippen LogP contribution in [0.5, 0.6) is 23.3 Å². The minimum Gasteiger partial charge on any atom is -1.00 e. The fourth-order valence-corrected chi connectivity index (χ4v) is 5.27. The summed E-state index contributed by atoms with van der Waals surface area (Å²) in [4.78, 5) is 19.2. The number of benzene rings is 2. The smallest absolute Gasteiger partial charge is 1.00 e. The van der Waals surface area contributed by atoms with E-state index in [9.17, 15) is 36.2 Å². The molecular weight excluding hydrogens is 971 g/mol. The Morgan fingerprint density at radius 1 is 0.741 bits per heavy atom. The molecule has 0 amide bonds. The first-order valence-electron chi connectivity index (χ1n) is 17.4. The van der Waals surface area contributed by atoms with Crippen molar-refractivity contribution in [3.63, 3.8) is 0 Å². The molecular formula is C40H42Cl2F6IKN2O5S. The van der Waals surface area contributed by atoms with Crippen LogP contribution in [-0.4, -0.2) is 46.7 Å². The summed E-state index contributed by atoms with van der Waals surface area (Å²) >= 11 is 11.5. The number of ketones is 1. The van der Waals surface area contributed by atoms with Crippen LogP contribution in [0, 0.1) is 11.8 Å². The summed E-state index contributed by atoms with van der Waals surface area (Å²) in [5.74, 6) is -0.345. The van der Waals surface area contributed by atoms with E-state index >= 15 is 0 Å². The number of nitrogens with zero attached hydrogens (tertiary/aromatic N) is 2. The summed E-state index contributed by atoms with van der Waals surface area (Å²) in [5.41, 5.74) is -3.99. The van der Waals surface area contributed by atoms with E-state index in [0.29, 0.717) is 51.9 Å². The zero-order valence-corrected chi connectivity index (χ0v) is 40.5. The quantitative estimate of drug-likeness (QED) is 0.0615. The largest absolute Gasteiger partial charge is 1.00 e. The molecule has 3 heterocycles. The maximum Gasteiger partial charge on any atom is 1.00 e. The van der Waals surface area contributed by atoms with E-state index in [1.54, 1.807) is 57.2 Å². The maximum absolute atomic E-state index is 13.5. The SMILES string of the molecule is CC(C)(C)[O-].C[S+](C)C.FC(F)(F)c1nc(Oc2ccc(Cl)cc2)ccc1C1(C2CC2)CO1.O=C(c1ccc(Oc2ccc(Cl)cc2)nc1C(F)(F)F)C1CC1.[I-].[K+]. The fraction of sp³-hybridized carbons (Fsp3) is 0.425. The Balaban J connectivity index is 0.000000322. The van der Waals surface area contributed by atoms with Crippen molar-refractivity contribution in [1.82, 2.24) is 9.97 Å². The van der Waals surface area contributed by atoms with E-state index in [1.165, 1.54) is 30.3 Å². The summed E-state index contributed by atoms with van der Waals surface area (Å²) in [6.07, 6.45) is 0.320. The van der Waals surface area contributed by atoms with Crippen molar-refractivity contribution in [2.45, 2.75) is 70.0 Å². The van der Waals surface area contributed by atoms with Crippen LogP contribution in [0.25, 0.3) is 0 Å². The average molecular weight is 1010 g/mol. The summed E-state index contributed by atoms with van der Waals surface area (Å²) < 4.78 is 96.1. The molecule has 0 radical (unpaired) electrons. The number of carbonyl (C=O) groups is 1. The standard InChI is InChI=1S/C17H13ClF3NO2.C16H11ClF3NO2.C4H9O.C3H9S.HI.K/c18-11-3-5-12(6-4-11)24-14-8-7-13(15(22-14)17(19,20)21)16(9-23-16)10-1-2-10;17-10-3-5-11(6-4-10)23-13-8-7-12(14(22)9-1-2-9)15(21-13)16(18,19)20;1-4(2,3)5;1-4(2)3;;/h3-8,10H,1-2,9H2;3-9H,1-2H2;1-3H3;1-3H3;1H;/q;;-1;+1;;+1/p-1. The van der Waals surface area contributed by atoms with Crippen LogP contribution in [0.1, 0.15) is 73.8 Å². The zero-order chi connectivity index (χ0) is 41.6. The van der Waals surface area contributed by atoms with Gasteiger partial charge < -0.3 is 43.3 Å². The van der Waals surface area contributed by atoms with Gasteiger partial charge in [0, 0.05) is 39.2 Å². The minimum atomic E-state index is -4.72. The van der Waals surface area contributed by atoms with Gasteiger partial charge in [0.05, 0.1) is 25.4 Å². The van der Waals surface area contributed by atoms with E-state index in [2.05, 4.69) is 28.7 Å². The van der Waals surface area contributed by atoms with Gasteiger partial charge in [0.25, 0.3) is 0 Å². The molecule has 1 saturated heterocycles. The van der Waals surface area contributed by atoms with Crippen molar-refractivity contribution in [2.24, 2.45) is 11.8 Å². The van der Waals surface area contributed by atoms with Crippen LogP contribution in [0.4, 0.5) is 26.3 Å². The molecule has 7 rings (SSSR count). The Labute approximate surface area is 407 Å². The van der Waals surface area contributed by atoms with Crippen LogP contribution < -0.4 is 89.9 Å². The third-order valence-corrected chi connectivity index (χ3v) is 8.21. The number of pyridine rings is 2. The molecule has 3 aliphatic rings. The van der Waals surface area contributed by atoms with Crippen molar-refractivity contribution in [1.29, 1.82) is 0 Å². The Bertz CT molecular complexity index is 1930. The zero-order valence-electron chi connectivity index (χ0n) is 32.9. The first kappa shape index (κ1) is 52.9. The van der Waals surface area contributed by atoms with Crippen LogP contribution in [-0.2, 0) is 33.6 Å². The van der Waals surface area contributed by atoms with E-state index in [-0.39, 0.29) is 105 Å². The molecule has 4 aromatic rings. The Hall–Kier alpha value is -1.19. The second-order valence-electron chi connectivity index (χ2n) is 14.6. The number of epoxide rings is 1. The molecule has 1 atom stereocenters. The van der Waals surface area contributed by atoms with Gasteiger partial charge in [-0.05, 0) is 103 Å². The third-order valence-electron chi connectivity index (χ3n) is 7.71. The molecule has 58 heavy (non-hydrogen) atoms. The first-order valence-corrected chi connectivity index (χ1v) is 20.6. The third kappa shape index (κ3) is 17.3. The van der Waals surface area contributed by atoms with Gasteiger partial charge in [-0.2, -0.15) is 26.3 Å². The maximum atomic E-state index is 13.5. The number of ether oxygens (including phenoxy) is 3. The molecule has 2 aliphatic carbocycles. The Morgan fingerprint density at radius 2 is 1.12 bits per heavy atom. The number of carbonyl (C=O) groups excluding carboxylic acids is 1. The molecule has 18 heteroatoms. The van der Waals surface area contributed by atoms with Crippen LogP contribution in [0.2, 0.25) is 10.0 Å². The monoisotopic (exact) mass is 1010 g/mol. The predicted molar refractivity (Wildman–Crippen MR) is 204 cm³/mol. The molecule has 1 aliphatic heterocycles. The molecule has 0 bridgehead atoms. The molecule has 1 unspecified atom stereocenters. The number of rotatable bonds is 8. The molecule has 0 N–H and O–H groups in total. The fourth-order valence-electron chi connectivity index (χ4n) is 5.02. The average Bonchev–Trinajstić information content (AvgIpc) is 3.94. The predicted octanol–water partition coefficient (Wildman–Crippen LogP) is 4.97. The van der Waals surface area contributed by atoms with Crippen molar-refractivity contribution < 1.29 is 126 Å². The number of hydrogen-bond acceptors (Lipinski definition) is 7. The van der Waals surface area contributed by atoms with Crippen LogP contribution in [0.15, 0.2) is 72.8 Å². The molecule has 3 fully saturated rings. The van der Waals surface area contributed by atoms with E-state index < -0.39 is 46.3 Å². The molecule has 2 aromatic carbocycles. The van der Waals surface area contributed by atoms with E-state index in [0.717, 1.165) is 18.9 Å². The Morgan fingerprint density at radius 3 is 1.47 bits per heavy atom. The van der Waals surface area contributed by atoms with E-state index in [1.807, 2.05) is 0 Å². The topological polar surface area (TPSA) is 96.9 Å². The van der Waals surface area contributed by atoms with Gasteiger partial charge in [0.15, 0.2) is 17.2 Å². The summed E-state index contributed by atoms with van der Waals surface area (Å²) in [7, 11) is 0.639. The van der Waals surface area contributed by atoms with Gasteiger partial charge >= 0.3 is 63.7 Å². The molecule has 0 spiro atoms. The van der Waals surface area contributed by atoms with Crippen molar-refractivity contribution in [2.75, 3.05) is 25.4 Å². The van der Waals surface area contributed by atoms with E-state index in [4.69, 9.17) is 37.4 Å². The number of alkyl halides is 6. The second kappa shape index (κ2) is 22.2. The summed E-state index contributed by atoms with van der Waals surface area (Å²) in [6.45, 7) is 5.22. The first-order chi connectivity index (χ1) is 26.0. The van der Waals surface area contributed by atoms with Gasteiger partial charge in [-0.15, -0.1) is 5.60 Å². The van der Waals surface area contributed by atoms with Gasteiger partial charge in [0.2, 0.25) is 11.8 Å². The van der Waals surface area contributed by atoms with Gasteiger partial charge in [0.1, 0.15) is 17.1 Å². The molecule has 2 saturated carbocycles. The number of aromatic nitrogens is 2. The van der Waals surface area contributed by atoms with Gasteiger partial charge in [-0.3, -0.25) is 4.79 Å². The normalized spacial score (nSPS) is 17.0. The Kier molecular flexibility index (Phi) is 20.3. The number of Topliss-reactive ketones (excluding diaryl/α,β-unsaturated/α-hetero) is 1. The van der Waals surface area contributed by atoms with Crippen LogP contribution >= 0.6 is 23.2 Å². The van der Waals surface area contributed by atoms with Crippen LogP contribution in [0.3, 0.4) is 0 Å². The number of halogens is 9.